The Kier molecular flexibility index (Phi) is 6.70. The highest BCUT2D eigenvalue weighted by molar-refractivity contribution is 6.22. The SMILES string of the molecule is COc1ccccc1/C=C(/C(=O)OCC(=O)c1ccc(F)c(F)c1)c1ccccc1. The Labute approximate surface area is 172 Å². The number of benzene rings is 3. The standard InChI is InChI=1S/C24H18F2O4/c1-29-23-10-6-5-9-18(23)13-19(16-7-3-2-4-8-16)24(28)30-15-22(27)17-11-12-20(25)21(26)14-17/h2-14H,15H2,1H3/b19-13+. The van der Waals surface area contributed by atoms with Crippen molar-refractivity contribution in [1.82, 2.24) is 0 Å². The van der Waals surface area contributed by atoms with Gasteiger partial charge in [-0.25, -0.2) is 13.6 Å². The highest BCUT2D eigenvalue weighted by Gasteiger charge is 2.18. The molecule has 30 heavy (non-hydrogen) atoms. The van der Waals surface area contributed by atoms with Crippen LogP contribution in [0.1, 0.15) is 21.5 Å². The highest BCUT2D eigenvalue weighted by Crippen LogP contribution is 2.25. The summed E-state index contributed by atoms with van der Waals surface area (Å²) in [5, 5.41) is 0. The van der Waals surface area contributed by atoms with Gasteiger partial charge in [0.15, 0.2) is 24.0 Å². The summed E-state index contributed by atoms with van der Waals surface area (Å²) in [6, 6.07) is 18.7. The van der Waals surface area contributed by atoms with Gasteiger partial charge in [0.2, 0.25) is 0 Å². The van der Waals surface area contributed by atoms with Crippen LogP contribution in [-0.2, 0) is 9.53 Å². The van der Waals surface area contributed by atoms with E-state index >= 15 is 0 Å². The maximum absolute atomic E-state index is 13.3. The molecular weight excluding hydrogens is 390 g/mol. The number of ketones is 1. The van der Waals surface area contributed by atoms with E-state index in [0.717, 1.165) is 18.2 Å². The molecule has 0 amide bonds. The second-order valence-electron chi connectivity index (χ2n) is 6.29. The maximum Gasteiger partial charge on any atom is 0.339 e. The van der Waals surface area contributed by atoms with Gasteiger partial charge in [0.05, 0.1) is 12.7 Å². The number of hydrogen-bond acceptors (Lipinski definition) is 4. The molecule has 0 aliphatic carbocycles. The quantitative estimate of drug-likeness (QED) is 0.241. The van der Waals surface area contributed by atoms with Gasteiger partial charge in [-0.3, -0.25) is 4.79 Å². The van der Waals surface area contributed by atoms with Gasteiger partial charge in [-0.1, -0.05) is 48.5 Å². The minimum Gasteiger partial charge on any atom is -0.496 e. The van der Waals surface area contributed by atoms with Crippen LogP contribution in [-0.4, -0.2) is 25.5 Å². The fourth-order valence-electron chi connectivity index (χ4n) is 2.78. The summed E-state index contributed by atoms with van der Waals surface area (Å²) in [4.78, 5) is 25.0. The molecule has 0 aliphatic rings. The normalized spacial score (nSPS) is 11.1. The molecular formula is C24H18F2O4. The lowest BCUT2D eigenvalue weighted by atomic mass is 10.0. The van der Waals surface area contributed by atoms with Crippen LogP contribution in [0.3, 0.4) is 0 Å². The molecule has 0 heterocycles. The molecule has 3 aromatic carbocycles. The Bertz CT molecular complexity index is 1090. The van der Waals surface area contributed by atoms with Crippen molar-refractivity contribution >= 4 is 23.4 Å². The van der Waals surface area contributed by atoms with Gasteiger partial charge in [-0.15, -0.1) is 0 Å². The summed E-state index contributed by atoms with van der Waals surface area (Å²) in [6.45, 7) is -0.611. The van der Waals surface area contributed by atoms with Crippen molar-refractivity contribution in [2.24, 2.45) is 0 Å². The molecule has 0 aromatic heterocycles. The second kappa shape index (κ2) is 9.60. The molecule has 0 N–H and O–H groups in total. The second-order valence-corrected chi connectivity index (χ2v) is 6.29. The van der Waals surface area contributed by atoms with E-state index in [1.54, 1.807) is 54.6 Å². The number of rotatable bonds is 7. The van der Waals surface area contributed by atoms with E-state index in [2.05, 4.69) is 0 Å². The Morgan fingerprint density at radius 1 is 0.867 bits per heavy atom. The largest absolute Gasteiger partial charge is 0.496 e. The fraction of sp³-hybridized carbons (Fsp3) is 0.0833. The minimum atomic E-state index is -1.15. The highest BCUT2D eigenvalue weighted by atomic mass is 19.2. The van der Waals surface area contributed by atoms with E-state index in [9.17, 15) is 18.4 Å². The van der Waals surface area contributed by atoms with Crippen LogP contribution in [0, 0.1) is 11.6 Å². The Balaban J connectivity index is 1.85. The molecule has 0 saturated carbocycles. The third-order valence-electron chi connectivity index (χ3n) is 4.32. The van der Waals surface area contributed by atoms with Crippen LogP contribution in [0.15, 0.2) is 72.8 Å². The fourth-order valence-corrected chi connectivity index (χ4v) is 2.78. The zero-order valence-corrected chi connectivity index (χ0v) is 16.1. The molecule has 0 radical (unpaired) electrons. The van der Waals surface area contributed by atoms with Crippen LogP contribution in [0.25, 0.3) is 11.6 Å². The Morgan fingerprint density at radius 2 is 1.57 bits per heavy atom. The molecule has 0 spiro atoms. The lowest BCUT2D eigenvalue weighted by molar-refractivity contribution is -0.135. The molecule has 0 atom stereocenters. The number of hydrogen-bond donors (Lipinski definition) is 0. The molecule has 0 fully saturated rings. The summed E-state index contributed by atoms with van der Waals surface area (Å²) < 4.78 is 36.9. The number of esters is 1. The zero-order valence-electron chi connectivity index (χ0n) is 16.1. The Morgan fingerprint density at radius 3 is 2.27 bits per heavy atom. The van der Waals surface area contributed by atoms with Crippen LogP contribution >= 0.6 is 0 Å². The number of carbonyl (C=O) groups is 2. The van der Waals surface area contributed by atoms with Crippen LogP contribution < -0.4 is 4.74 Å². The average molecular weight is 408 g/mol. The first-order valence-corrected chi connectivity index (χ1v) is 9.05. The van der Waals surface area contributed by atoms with Gasteiger partial charge in [0, 0.05) is 11.1 Å². The predicted octanol–water partition coefficient (Wildman–Crippen LogP) is 4.94. The molecule has 0 aliphatic heterocycles. The van der Waals surface area contributed by atoms with Gasteiger partial charge >= 0.3 is 5.97 Å². The van der Waals surface area contributed by atoms with Crippen molar-refractivity contribution in [2.75, 3.05) is 13.7 Å². The predicted molar refractivity (Wildman–Crippen MR) is 109 cm³/mol. The van der Waals surface area contributed by atoms with Crippen molar-refractivity contribution in [3.05, 3.63) is 101 Å². The van der Waals surface area contributed by atoms with E-state index in [1.165, 1.54) is 7.11 Å². The number of methoxy groups -OCH3 is 1. The van der Waals surface area contributed by atoms with Crippen molar-refractivity contribution in [3.63, 3.8) is 0 Å². The maximum atomic E-state index is 13.3. The van der Waals surface area contributed by atoms with Gasteiger partial charge in [-0.05, 0) is 35.9 Å². The van der Waals surface area contributed by atoms with Crippen molar-refractivity contribution in [1.29, 1.82) is 0 Å². The summed E-state index contributed by atoms with van der Waals surface area (Å²) in [5.41, 5.74) is 1.38. The molecule has 0 bridgehead atoms. The summed E-state index contributed by atoms with van der Waals surface area (Å²) in [6.07, 6.45) is 1.61. The van der Waals surface area contributed by atoms with Gasteiger partial charge in [0.25, 0.3) is 0 Å². The summed E-state index contributed by atoms with van der Waals surface area (Å²) in [7, 11) is 1.52. The average Bonchev–Trinajstić information content (AvgIpc) is 2.78. The monoisotopic (exact) mass is 408 g/mol. The van der Waals surface area contributed by atoms with Crippen molar-refractivity contribution < 1.29 is 27.8 Å². The number of para-hydroxylation sites is 1. The van der Waals surface area contributed by atoms with Crippen LogP contribution in [0.2, 0.25) is 0 Å². The number of carbonyl (C=O) groups excluding carboxylic acids is 2. The van der Waals surface area contributed by atoms with Gasteiger partial charge in [0.1, 0.15) is 5.75 Å². The molecule has 3 rings (SSSR count). The third-order valence-corrected chi connectivity index (χ3v) is 4.32. The van der Waals surface area contributed by atoms with Crippen LogP contribution in [0.4, 0.5) is 8.78 Å². The zero-order chi connectivity index (χ0) is 21.5. The molecule has 0 saturated heterocycles. The van der Waals surface area contributed by atoms with E-state index in [-0.39, 0.29) is 11.1 Å². The molecule has 4 nitrogen and oxygen atoms in total. The number of Topliss-reactive ketones (excluding diaryl/α,β-unsaturated/α-hetero) is 1. The smallest absolute Gasteiger partial charge is 0.339 e. The van der Waals surface area contributed by atoms with Crippen molar-refractivity contribution in [2.45, 2.75) is 0 Å². The van der Waals surface area contributed by atoms with E-state index in [4.69, 9.17) is 9.47 Å². The van der Waals surface area contributed by atoms with Crippen LogP contribution in [0.5, 0.6) is 5.75 Å². The molecule has 0 unspecified atom stereocenters. The first-order chi connectivity index (χ1) is 14.5. The first-order valence-electron chi connectivity index (χ1n) is 9.05. The topological polar surface area (TPSA) is 52.6 Å². The Hall–Kier alpha value is -3.80. The van der Waals surface area contributed by atoms with E-state index in [0.29, 0.717) is 16.9 Å². The lowest BCUT2D eigenvalue weighted by Crippen LogP contribution is -2.15. The molecule has 3 aromatic rings. The summed E-state index contributed by atoms with van der Waals surface area (Å²) in [5.74, 6) is -3.02. The minimum absolute atomic E-state index is 0.0864. The third kappa shape index (κ3) is 4.97. The van der Waals surface area contributed by atoms with Crippen molar-refractivity contribution in [3.8, 4) is 5.75 Å². The van der Waals surface area contributed by atoms with E-state index in [1.807, 2.05) is 6.07 Å². The molecule has 6 heteroatoms. The van der Waals surface area contributed by atoms with E-state index < -0.39 is 30.0 Å². The molecule has 152 valence electrons. The number of ether oxygens (including phenoxy) is 2. The van der Waals surface area contributed by atoms with Gasteiger partial charge in [-0.2, -0.15) is 0 Å². The lowest BCUT2D eigenvalue weighted by Gasteiger charge is -2.10. The summed E-state index contributed by atoms with van der Waals surface area (Å²) >= 11 is 0. The first kappa shape index (κ1) is 20.9. The number of halogens is 2. The van der Waals surface area contributed by atoms with Gasteiger partial charge < -0.3 is 9.47 Å².